The molecule has 21 heavy (non-hydrogen) atoms. The summed E-state index contributed by atoms with van der Waals surface area (Å²) < 4.78 is 24.4. The molecule has 0 amide bonds. The summed E-state index contributed by atoms with van der Waals surface area (Å²) in [5, 5.41) is 0. The molecule has 1 atom stereocenters. The lowest BCUT2D eigenvalue weighted by molar-refractivity contribution is 0.145. The molecule has 5 heteroatoms. The summed E-state index contributed by atoms with van der Waals surface area (Å²) in [7, 11) is 1.62. The number of para-hydroxylation sites is 1. The topological polar surface area (TPSA) is 44.5 Å². The van der Waals surface area contributed by atoms with Gasteiger partial charge in [-0.1, -0.05) is 24.3 Å². The first-order valence-electron chi connectivity index (χ1n) is 6.54. The number of benzene rings is 2. The van der Waals surface area contributed by atoms with E-state index in [-0.39, 0.29) is 11.9 Å². The van der Waals surface area contributed by atoms with Gasteiger partial charge in [-0.05, 0) is 39.7 Å². The van der Waals surface area contributed by atoms with Crippen LogP contribution in [-0.2, 0) is 4.74 Å². The Kier molecular flexibility index (Phi) is 5.73. The largest absolute Gasteiger partial charge is 0.491 e. The van der Waals surface area contributed by atoms with Crippen molar-refractivity contribution in [2.24, 2.45) is 5.73 Å². The molecule has 0 spiro atoms. The summed E-state index contributed by atoms with van der Waals surface area (Å²) in [6.45, 7) is 0.957. The molecular formula is C16H17BrFNO2. The highest BCUT2D eigenvalue weighted by atomic mass is 79.9. The average molecular weight is 354 g/mol. The van der Waals surface area contributed by atoms with Crippen molar-refractivity contribution in [1.29, 1.82) is 0 Å². The number of hydrogen-bond donors (Lipinski definition) is 1. The molecule has 112 valence electrons. The molecule has 2 aromatic rings. The first-order valence-corrected chi connectivity index (χ1v) is 7.34. The van der Waals surface area contributed by atoms with Gasteiger partial charge in [0.15, 0.2) is 0 Å². The van der Waals surface area contributed by atoms with Crippen LogP contribution in [-0.4, -0.2) is 20.3 Å². The highest BCUT2D eigenvalue weighted by Crippen LogP contribution is 2.30. The molecule has 3 nitrogen and oxygen atoms in total. The molecular weight excluding hydrogens is 337 g/mol. The van der Waals surface area contributed by atoms with Gasteiger partial charge in [0.25, 0.3) is 0 Å². The van der Waals surface area contributed by atoms with Gasteiger partial charge >= 0.3 is 0 Å². The van der Waals surface area contributed by atoms with E-state index >= 15 is 0 Å². The molecule has 0 saturated carbocycles. The van der Waals surface area contributed by atoms with Gasteiger partial charge in [0.2, 0.25) is 0 Å². The number of nitrogens with two attached hydrogens (primary N) is 1. The normalized spacial score (nSPS) is 12.2. The Morgan fingerprint density at radius 3 is 2.67 bits per heavy atom. The maximum absolute atomic E-state index is 13.3. The lowest BCUT2D eigenvalue weighted by Gasteiger charge is -2.17. The van der Waals surface area contributed by atoms with Crippen molar-refractivity contribution in [2.75, 3.05) is 20.3 Å². The molecule has 0 aliphatic heterocycles. The minimum absolute atomic E-state index is 0.310. The first kappa shape index (κ1) is 15.9. The molecule has 0 saturated heterocycles. The van der Waals surface area contributed by atoms with Crippen LogP contribution in [0.1, 0.15) is 17.2 Å². The van der Waals surface area contributed by atoms with Crippen molar-refractivity contribution >= 4 is 15.9 Å². The van der Waals surface area contributed by atoms with E-state index in [1.165, 1.54) is 6.07 Å². The van der Waals surface area contributed by atoms with Crippen LogP contribution in [0.25, 0.3) is 0 Å². The number of methoxy groups -OCH3 is 1. The van der Waals surface area contributed by atoms with Crippen molar-refractivity contribution in [2.45, 2.75) is 6.04 Å². The Morgan fingerprint density at radius 2 is 1.95 bits per heavy atom. The second-order valence-corrected chi connectivity index (χ2v) is 5.38. The zero-order chi connectivity index (χ0) is 15.2. The van der Waals surface area contributed by atoms with E-state index in [1.54, 1.807) is 19.2 Å². The second kappa shape index (κ2) is 7.54. The lowest BCUT2D eigenvalue weighted by Crippen LogP contribution is -2.14. The Balaban J connectivity index is 2.25. The predicted molar refractivity (Wildman–Crippen MR) is 83.9 cm³/mol. The molecule has 0 radical (unpaired) electrons. The number of hydrogen-bond acceptors (Lipinski definition) is 3. The Bertz CT molecular complexity index is 607. The number of halogens is 2. The van der Waals surface area contributed by atoms with Crippen molar-refractivity contribution in [3.05, 3.63) is 63.9 Å². The molecule has 0 fully saturated rings. The van der Waals surface area contributed by atoms with Crippen molar-refractivity contribution < 1.29 is 13.9 Å². The Labute approximate surface area is 132 Å². The first-order chi connectivity index (χ1) is 10.1. The van der Waals surface area contributed by atoms with Crippen LogP contribution >= 0.6 is 15.9 Å². The Hall–Kier alpha value is -1.43. The fraction of sp³-hybridized carbons (Fsp3) is 0.250. The van der Waals surface area contributed by atoms with Crippen LogP contribution in [0.2, 0.25) is 0 Å². The molecule has 0 heterocycles. The fourth-order valence-corrected chi connectivity index (χ4v) is 2.39. The zero-order valence-corrected chi connectivity index (χ0v) is 13.3. The standard InChI is InChI=1S/C16H17BrFNO2/c1-20-8-9-21-15-5-3-2-4-12(15)16(19)11-6-7-14(18)13(17)10-11/h2-7,10,16H,8-9,19H2,1H3. The van der Waals surface area contributed by atoms with Crippen molar-refractivity contribution in [3.8, 4) is 5.75 Å². The van der Waals surface area contributed by atoms with E-state index in [0.29, 0.717) is 23.4 Å². The summed E-state index contributed by atoms with van der Waals surface area (Å²) in [4.78, 5) is 0. The van der Waals surface area contributed by atoms with Gasteiger partial charge < -0.3 is 15.2 Å². The summed E-state index contributed by atoms with van der Waals surface area (Å²) in [6, 6.07) is 11.9. The number of rotatable bonds is 6. The molecule has 2 aromatic carbocycles. The maximum atomic E-state index is 13.3. The minimum Gasteiger partial charge on any atom is -0.491 e. The van der Waals surface area contributed by atoms with Crippen molar-refractivity contribution in [3.63, 3.8) is 0 Å². The lowest BCUT2D eigenvalue weighted by atomic mass is 9.99. The SMILES string of the molecule is COCCOc1ccccc1C(N)c1ccc(F)c(Br)c1. The highest BCUT2D eigenvalue weighted by molar-refractivity contribution is 9.10. The maximum Gasteiger partial charge on any atom is 0.137 e. The van der Waals surface area contributed by atoms with Crippen LogP contribution in [0.5, 0.6) is 5.75 Å². The van der Waals surface area contributed by atoms with E-state index in [1.807, 2.05) is 24.3 Å². The summed E-state index contributed by atoms with van der Waals surface area (Å²) >= 11 is 3.18. The van der Waals surface area contributed by atoms with E-state index in [0.717, 1.165) is 11.1 Å². The van der Waals surface area contributed by atoms with Gasteiger partial charge in [-0.25, -0.2) is 4.39 Å². The van der Waals surface area contributed by atoms with Gasteiger partial charge in [-0.3, -0.25) is 0 Å². The van der Waals surface area contributed by atoms with Crippen LogP contribution in [0.4, 0.5) is 4.39 Å². The Morgan fingerprint density at radius 1 is 1.19 bits per heavy atom. The average Bonchev–Trinajstić information content (AvgIpc) is 2.50. The van der Waals surface area contributed by atoms with Crippen LogP contribution in [0.3, 0.4) is 0 Å². The van der Waals surface area contributed by atoms with Crippen LogP contribution in [0.15, 0.2) is 46.9 Å². The minimum atomic E-state index is -0.388. The molecule has 0 aliphatic rings. The third-order valence-electron chi connectivity index (χ3n) is 3.10. The van der Waals surface area contributed by atoms with Gasteiger partial charge in [0.05, 0.1) is 17.1 Å². The third-order valence-corrected chi connectivity index (χ3v) is 3.71. The van der Waals surface area contributed by atoms with Crippen LogP contribution in [0, 0.1) is 5.82 Å². The molecule has 1 unspecified atom stereocenters. The fourth-order valence-electron chi connectivity index (χ4n) is 1.99. The third kappa shape index (κ3) is 4.03. The monoisotopic (exact) mass is 353 g/mol. The quantitative estimate of drug-likeness (QED) is 0.806. The van der Waals surface area contributed by atoms with Gasteiger partial charge in [0, 0.05) is 12.7 Å². The van der Waals surface area contributed by atoms with Gasteiger partial charge in [0.1, 0.15) is 18.2 Å². The molecule has 2 rings (SSSR count). The smallest absolute Gasteiger partial charge is 0.137 e. The van der Waals surface area contributed by atoms with Gasteiger partial charge in [-0.15, -0.1) is 0 Å². The summed E-state index contributed by atoms with van der Waals surface area (Å²) in [6.07, 6.45) is 0. The van der Waals surface area contributed by atoms with E-state index < -0.39 is 0 Å². The zero-order valence-electron chi connectivity index (χ0n) is 11.7. The van der Waals surface area contributed by atoms with E-state index in [2.05, 4.69) is 15.9 Å². The summed E-state index contributed by atoms with van der Waals surface area (Å²) in [5.41, 5.74) is 7.95. The second-order valence-electron chi connectivity index (χ2n) is 4.53. The molecule has 0 aliphatic carbocycles. The van der Waals surface area contributed by atoms with Crippen molar-refractivity contribution in [1.82, 2.24) is 0 Å². The molecule has 0 bridgehead atoms. The van der Waals surface area contributed by atoms with E-state index in [4.69, 9.17) is 15.2 Å². The van der Waals surface area contributed by atoms with Crippen LogP contribution < -0.4 is 10.5 Å². The van der Waals surface area contributed by atoms with E-state index in [9.17, 15) is 4.39 Å². The highest BCUT2D eigenvalue weighted by Gasteiger charge is 2.15. The van der Waals surface area contributed by atoms with Gasteiger partial charge in [-0.2, -0.15) is 0 Å². The number of ether oxygens (including phenoxy) is 2. The predicted octanol–water partition coefficient (Wildman–Crippen LogP) is 3.66. The molecule has 2 N–H and O–H groups in total. The molecule has 0 aromatic heterocycles. The summed E-state index contributed by atoms with van der Waals surface area (Å²) in [5.74, 6) is 0.401.